The zero-order valence-electron chi connectivity index (χ0n) is 14.8. The van der Waals surface area contributed by atoms with Crippen molar-refractivity contribution in [2.24, 2.45) is 0 Å². The van der Waals surface area contributed by atoms with Crippen LogP contribution in [0.15, 0.2) is 23.8 Å². The fraction of sp³-hybridized carbons (Fsp3) is 0.579. The van der Waals surface area contributed by atoms with Gasteiger partial charge in [0.2, 0.25) is 5.95 Å². The number of aromatic nitrogens is 3. The van der Waals surface area contributed by atoms with Crippen LogP contribution in [0.4, 0.5) is 5.95 Å². The first-order valence-corrected chi connectivity index (χ1v) is 10.3. The molecule has 138 valence electrons. The van der Waals surface area contributed by atoms with Crippen molar-refractivity contribution in [3.05, 3.63) is 34.5 Å². The van der Waals surface area contributed by atoms with Gasteiger partial charge in [-0.2, -0.15) is 0 Å². The fourth-order valence-corrected chi connectivity index (χ4v) is 4.82. The molecule has 2 fully saturated rings. The molecule has 0 spiro atoms. The second-order valence-corrected chi connectivity index (χ2v) is 7.91. The van der Waals surface area contributed by atoms with Crippen LogP contribution in [0.3, 0.4) is 0 Å². The summed E-state index contributed by atoms with van der Waals surface area (Å²) in [7, 11) is 0. The van der Waals surface area contributed by atoms with Crippen LogP contribution in [0.1, 0.15) is 61.6 Å². The number of esters is 1. The van der Waals surface area contributed by atoms with Gasteiger partial charge in [-0.15, -0.1) is 11.3 Å². The highest BCUT2D eigenvalue weighted by Gasteiger charge is 2.31. The highest BCUT2D eigenvalue weighted by Crippen LogP contribution is 2.35. The molecule has 1 aliphatic carbocycles. The van der Waals surface area contributed by atoms with Crippen LogP contribution in [0, 0.1) is 0 Å². The van der Waals surface area contributed by atoms with E-state index in [4.69, 9.17) is 4.74 Å². The predicted octanol–water partition coefficient (Wildman–Crippen LogP) is 3.69. The number of ether oxygens (including phenoxy) is 1. The van der Waals surface area contributed by atoms with Crippen LogP contribution in [0.2, 0.25) is 0 Å². The summed E-state index contributed by atoms with van der Waals surface area (Å²) in [5, 5.41) is 3.23. The molecule has 1 aliphatic heterocycles. The summed E-state index contributed by atoms with van der Waals surface area (Å²) < 4.78 is 5.60. The number of carbonyl (C=O) groups is 1. The Balaban J connectivity index is 1.37. The maximum Gasteiger partial charge on any atom is 0.329 e. The normalized spacial score (nSPS) is 21.1. The molecule has 1 atom stereocenters. The molecule has 0 aromatic carbocycles. The maximum atomic E-state index is 12.7. The Kier molecular flexibility index (Phi) is 5.43. The van der Waals surface area contributed by atoms with E-state index in [9.17, 15) is 4.79 Å². The minimum Gasteiger partial charge on any atom is -0.458 e. The van der Waals surface area contributed by atoms with Crippen LogP contribution in [0.25, 0.3) is 0 Å². The lowest BCUT2D eigenvalue weighted by Gasteiger charge is -2.33. The van der Waals surface area contributed by atoms with E-state index in [-0.39, 0.29) is 18.6 Å². The summed E-state index contributed by atoms with van der Waals surface area (Å²) in [6, 6.07) is 1.48. The summed E-state index contributed by atoms with van der Waals surface area (Å²) in [6.07, 6.45) is 11.3. The van der Waals surface area contributed by atoms with Gasteiger partial charge >= 0.3 is 5.97 Å². The van der Waals surface area contributed by atoms with Gasteiger partial charge in [0.25, 0.3) is 0 Å². The number of carbonyl (C=O) groups excluding carboxylic acids is 1. The molecule has 4 rings (SSSR count). The van der Waals surface area contributed by atoms with E-state index in [1.807, 2.05) is 10.3 Å². The van der Waals surface area contributed by atoms with Crippen molar-refractivity contribution in [3.63, 3.8) is 0 Å². The van der Waals surface area contributed by atoms with Crippen molar-refractivity contribution in [2.45, 2.75) is 63.5 Å². The Morgan fingerprint density at radius 2 is 1.92 bits per heavy atom. The lowest BCUT2D eigenvalue weighted by molar-refractivity contribution is -0.147. The minimum atomic E-state index is -0.306. The molecule has 1 saturated heterocycles. The molecule has 2 aromatic heterocycles. The van der Waals surface area contributed by atoms with Crippen LogP contribution >= 0.6 is 11.3 Å². The standard InChI is InChI=1S/C19H24N4O2S/c24-18(16-8-3-4-11-23(16)19-20-9-5-10-21-19)25-12-15-13-26-17(22-15)14-6-1-2-7-14/h5,9-10,13-14,16H,1-4,6-8,11-12H2/t16-/m0/s1. The van der Waals surface area contributed by atoms with Crippen LogP contribution in [-0.2, 0) is 16.1 Å². The Hall–Kier alpha value is -2.02. The minimum absolute atomic E-state index is 0.201. The van der Waals surface area contributed by atoms with E-state index in [2.05, 4.69) is 15.0 Å². The Labute approximate surface area is 157 Å². The molecule has 0 radical (unpaired) electrons. The molecule has 0 N–H and O–H groups in total. The summed E-state index contributed by atoms with van der Waals surface area (Å²) >= 11 is 1.70. The first-order valence-electron chi connectivity index (χ1n) is 9.46. The molecule has 0 unspecified atom stereocenters. The third-order valence-corrected chi connectivity index (χ3v) is 6.28. The topological polar surface area (TPSA) is 68.2 Å². The summed E-state index contributed by atoms with van der Waals surface area (Å²) in [4.78, 5) is 27.9. The third kappa shape index (κ3) is 3.87. The first-order chi connectivity index (χ1) is 12.8. The number of rotatable bonds is 5. The van der Waals surface area contributed by atoms with Crippen molar-refractivity contribution in [2.75, 3.05) is 11.4 Å². The van der Waals surface area contributed by atoms with Crippen molar-refractivity contribution in [1.82, 2.24) is 15.0 Å². The molecule has 1 saturated carbocycles. The maximum absolute atomic E-state index is 12.7. The summed E-state index contributed by atoms with van der Waals surface area (Å²) in [5.41, 5.74) is 0.864. The van der Waals surface area contributed by atoms with Gasteiger partial charge in [-0.05, 0) is 38.2 Å². The molecule has 7 heteroatoms. The van der Waals surface area contributed by atoms with Gasteiger partial charge in [0, 0.05) is 30.2 Å². The second kappa shape index (κ2) is 8.12. The molecule has 2 aromatic rings. The van der Waals surface area contributed by atoms with Crippen molar-refractivity contribution in [3.8, 4) is 0 Å². The van der Waals surface area contributed by atoms with Gasteiger partial charge in [0.1, 0.15) is 12.6 Å². The fourth-order valence-electron chi connectivity index (χ4n) is 3.85. The summed E-state index contributed by atoms with van der Waals surface area (Å²) in [5.74, 6) is 1.01. The highest BCUT2D eigenvalue weighted by atomic mass is 32.1. The molecular formula is C19H24N4O2S. The molecule has 0 bridgehead atoms. The smallest absolute Gasteiger partial charge is 0.329 e. The number of hydrogen-bond donors (Lipinski definition) is 0. The van der Waals surface area contributed by atoms with Gasteiger partial charge in [-0.1, -0.05) is 12.8 Å². The lowest BCUT2D eigenvalue weighted by atomic mass is 10.0. The molecule has 6 nitrogen and oxygen atoms in total. The Bertz CT molecular complexity index is 730. The highest BCUT2D eigenvalue weighted by molar-refractivity contribution is 7.09. The average molecular weight is 372 g/mol. The quantitative estimate of drug-likeness (QED) is 0.746. The van der Waals surface area contributed by atoms with Crippen LogP contribution in [-0.4, -0.2) is 33.5 Å². The molecule has 26 heavy (non-hydrogen) atoms. The molecule has 3 heterocycles. The summed E-state index contributed by atoms with van der Waals surface area (Å²) in [6.45, 7) is 1.04. The zero-order valence-corrected chi connectivity index (χ0v) is 15.7. The van der Waals surface area contributed by atoms with Gasteiger partial charge < -0.3 is 9.64 Å². The first kappa shape index (κ1) is 17.4. The number of thiazole rings is 1. The van der Waals surface area contributed by atoms with Gasteiger partial charge in [-0.25, -0.2) is 19.7 Å². The zero-order chi connectivity index (χ0) is 17.8. The third-order valence-electron chi connectivity index (χ3n) is 5.22. The van der Waals surface area contributed by atoms with Crippen LogP contribution in [0.5, 0.6) is 0 Å². The van der Waals surface area contributed by atoms with E-state index < -0.39 is 0 Å². The number of piperidine rings is 1. The van der Waals surface area contributed by atoms with E-state index in [1.54, 1.807) is 29.8 Å². The van der Waals surface area contributed by atoms with E-state index >= 15 is 0 Å². The molecular weight excluding hydrogens is 348 g/mol. The van der Waals surface area contributed by atoms with Gasteiger partial charge in [-0.3, -0.25) is 0 Å². The number of hydrogen-bond acceptors (Lipinski definition) is 7. The largest absolute Gasteiger partial charge is 0.458 e. The predicted molar refractivity (Wildman–Crippen MR) is 100 cm³/mol. The lowest BCUT2D eigenvalue weighted by Crippen LogP contribution is -2.46. The van der Waals surface area contributed by atoms with Crippen molar-refractivity contribution in [1.29, 1.82) is 0 Å². The van der Waals surface area contributed by atoms with Gasteiger partial charge in [0.15, 0.2) is 0 Å². The number of anilines is 1. The van der Waals surface area contributed by atoms with E-state index in [0.717, 1.165) is 31.5 Å². The van der Waals surface area contributed by atoms with Crippen molar-refractivity contribution >= 4 is 23.3 Å². The Morgan fingerprint density at radius 3 is 2.73 bits per heavy atom. The molecule has 0 amide bonds. The SMILES string of the molecule is O=C(OCc1csc(C2CCCC2)n1)[C@@H]1CCCCN1c1ncccn1. The van der Waals surface area contributed by atoms with Gasteiger partial charge in [0.05, 0.1) is 10.7 Å². The van der Waals surface area contributed by atoms with E-state index in [0.29, 0.717) is 11.9 Å². The van der Waals surface area contributed by atoms with E-state index in [1.165, 1.54) is 30.7 Å². The monoisotopic (exact) mass is 372 g/mol. The second-order valence-electron chi connectivity index (χ2n) is 7.02. The number of nitrogens with zero attached hydrogens (tertiary/aromatic N) is 4. The van der Waals surface area contributed by atoms with Crippen LogP contribution < -0.4 is 4.90 Å². The average Bonchev–Trinajstić information content (AvgIpc) is 3.38. The van der Waals surface area contributed by atoms with Crippen molar-refractivity contribution < 1.29 is 9.53 Å². The Morgan fingerprint density at radius 1 is 1.15 bits per heavy atom. The molecule has 2 aliphatic rings.